The highest BCUT2D eigenvalue weighted by atomic mass is 16.5. The minimum atomic E-state index is -0.0607. The minimum absolute atomic E-state index is 0.0538. The molecule has 6 nitrogen and oxygen atoms in total. The normalized spacial score (nSPS) is 10.2. The second-order valence-corrected chi connectivity index (χ2v) is 6.49. The van der Waals surface area contributed by atoms with Crippen LogP contribution in [-0.4, -0.2) is 44.0 Å². The Kier molecular flexibility index (Phi) is 8.34. The van der Waals surface area contributed by atoms with Gasteiger partial charge in [0.2, 0.25) is 11.8 Å². The van der Waals surface area contributed by atoms with E-state index in [9.17, 15) is 9.59 Å². The maximum atomic E-state index is 12.1. The molecule has 0 unspecified atom stereocenters. The summed E-state index contributed by atoms with van der Waals surface area (Å²) in [7, 11) is 3.25. The number of carbonyl (C=O) groups is 2. The van der Waals surface area contributed by atoms with Crippen LogP contribution in [0.5, 0.6) is 11.5 Å². The van der Waals surface area contributed by atoms with Gasteiger partial charge in [0.05, 0.1) is 14.2 Å². The molecule has 2 aromatic carbocycles. The van der Waals surface area contributed by atoms with E-state index in [0.29, 0.717) is 19.6 Å². The molecule has 28 heavy (non-hydrogen) atoms. The first-order valence-electron chi connectivity index (χ1n) is 9.30. The van der Waals surface area contributed by atoms with Crippen LogP contribution in [0.3, 0.4) is 0 Å². The average molecular weight is 384 g/mol. The Balaban J connectivity index is 1.75. The van der Waals surface area contributed by atoms with Crippen LogP contribution >= 0.6 is 0 Å². The lowest BCUT2D eigenvalue weighted by Gasteiger charge is -2.21. The lowest BCUT2D eigenvalue weighted by molar-refractivity contribution is -0.130. The molecule has 6 heteroatoms. The molecule has 1 N–H and O–H groups in total. The topological polar surface area (TPSA) is 67.9 Å². The molecule has 2 aromatic rings. The molecule has 0 aliphatic carbocycles. The molecule has 0 saturated carbocycles. The second kappa shape index (κ2) is 11.0. The van der Waals surface area contributed by atoms with Gasteiger partial charge in [0.25, 0.3) is 0 Å². The number of methoxy groups -OCH3 is 2. The molecule has 0 bridgehead atoms. The monoisotopic (exact) mass is 384 g/mol. The predicted molar refractivity (Wildman–Crippen MR) is 108 cm³/mol. The summed E-state index contributed by atoms with van der Waals surface area (Å²) in [5, 5.41) is 2.91. The molecule has 2 rings (SSSR count). The first kappa shape index (κ1) is 21.3. The summed E-state index contributed by atoms with van der Waals surface area (Å²) >= 11 is 0. The molecule has 0 aromatic heterocycles. The Morgan fingerprint density at radius 3 is 1.93 bits per heavy atom. The number of rotatable bonds is 10. The van der Waals surface area contributed by atoms with Crippen molar-refractivity contribution in [2.24, 2.45) is 0 Å². The molecule has 0 saturated heterocycles. The average Bonchev–Trinajstić information content (AvgIpc) is 2.71. The third kappa shape index (κ3) is 6.95. The van der Waals surface area contributed by atoms with Gasteiger partial charge in [-0.05, 0) is 41.8 Å². The lowest BCUT2D eigenvalue weighted by atomic mass is 10.1. The summed E-state index contributed by atoms with van der Waals surface area (Å²) in [4.78, 5) is 25.7. The Labute approximate surface area is 166 Å². The molecule has 0 aliphatic rings. The van der Waals surface area contributed by atoms with Crippen molar-refractivity contribution in [2.75, 3.05) is 27.3 Å². The van der Waals surface area contributed by atoms with E-state index in [1.165, 1.54) is 6.92 Å². The lowest BCUT2D eigenvalue weighted by Crippen LogP contribution is -2.34. The van der Waals surface area contributed by atoms with Crippen LogP contribution in [0.15, 0.2) is 48.5 Å². The molecule has 0 heterocycles. The zero-order valence-electron chi connectivity index (χ0n) is 16.7. The number of benzene rings is 2. The molecule has 0 aliphatic heterocycles. The Morgan fingerprint density at radius 2 is 1.43 bits per heavy atom. The Bertz CT molecular complexity index is 757. The third-order valence-corrected chi connectivity index (χ3v) is 4.48. The highest BCUT2D eigenvalue weighted by Gasteiger charge is 2.12. The summed E-state index contributed by atoms with van der Waals surface area (Å²) in [6.45, 7) is 2.93. The minimum Gasteiger partial charge on any atom is -0.497 e. The van der Waals surface area contributed by atoms with Crippen molar-refractivity contribution in [1.29, 1.82) is 0 Å². The zero-order chi connectivity index (χ0) is 20.4. The number of ether oxygens (including phenoxy) is 2. The summed E-state index contributed by atoms with van der Waals surface area (Å²) in [6, 6.07) is 15.3. The van der Waals surface area contributed by atoms with Gasteiger partial charge in [0, 0.05) is 33.0 Å². The summed E-state index contributed by atoms with van der Waals surface area (Å²) in [5.74, 6) is 1.47. The van der Waals surface area contributed by atoms with Gasteiger partial charge in [-0.2, -0.15) is 0 Å². The van der Waals surface area contributed by atoms with Crippen LogP contribution in [0, 0.1) is 0 Å². The van der Waals surface area contributed by atoms with Crippen LogP contribution < -0.4 is 14.8 Å². The van der Waals surface area contributed by atoms with Gasteiger partial charge < -0.3 is 19.7 Å². The van der Waals surface area contributed by atoms with Gasteiger partial charge in [-0.1, -0.05) is 24.3 Å². The van der Waals surface area contributed by atoms with Gasteiger partial charge in [0.1, 0.15) is 11.5 Å². The molecule has 0 fully saturated rings. The second-order valence-electron chi connectivity index (χ2n) is 6.49. The molecule has 150 valence electrons. The smallest absolute Gasteiger partial charge is 0.221 e. The number of nitrogens with one attached hydrogen (secondary N) is 1. The molecule has 2 amide bonds. The van der Waals surface area contributed by atoms with Crippen LogP contribution in [0.1, 0.15) is 24.5 Å². The van der Waals surface area contributed by atoms with E-state index in [2.05, 4.69) is 5.32 Å². The summed E-state index contributed by atoms with van der Waals surface area (Å²) in [6.07, 6.45) is 1.02. The zero-order valence-corrected chi connectivity index (χ0v) is 16.7. The van der Waals surface area contributed by atoms with Crippen LogP contribution in [-0.2, 0) is 22.6 Å². The Hall–Kier alpha value is -3.02. The number of hydrogen-bond donors (Lipinski definition) is 1. The van der Waals surface area contributed by atoms with E-state index in [1.807, 2.05) is 48.5 Å². The molecule has 0 atom stereocenters. The molecule has 0 radical (unpaired) electrons. The van der Waals surface area contributed by atoms with Crippen molar-refractivity contribution >= 4 is 11.8 Å². The van der Waals surface area contributed by atoms with Gasteiger partial charge in [-0.25, -0.2) is 0 Å². The van der Waals surface area contributed by atoms with Crippen molar-refractivity contribution in [2.45, 2.75) is 26.3 Å². The summed E-state index contributed by atoms with van der Waals surface area (Å²) in [5.41, 5.74) is 2.13. The van der Waals surface area contributed by atoms with Crippen molar-refractivity contribution in [3.8, 4) is 11.5 Å². The fourth-order valence-corrected chi connectivity index (χ4v) is 2.76. The number of nitrogens with zero attached hydrogens (tertiary/aromatic N) is 1. The summed E-state index contributed by atoms with van der Waals surface area (Å²) < 4.78 is 10.3. The number of amides is 2. The van der Waals surface area contributed by atoms with Gasteiger partial charge in [-0.3, -0.25) is 9.59 Å². The highest BCUT2D eigenvalue weighted by Crippen LogP contribution is 2.13. The van der Waals surface area contributed by atoms with E-state index < -0.39 is 0 Å². The maximum Gasteiger partial charge on any atom is 0.221 e. The van der Waals surface area contributed by atoms with Crippen molar-refractivity contribution in [3.63, 3.8) is 0 Å². The fourth-order valence-electron chi connectivity index (χ4n) is 2.76. The highest BCUT2D eigenvalue weighted by molar-refractivity contribution is 5.78. The van der Waals surface area contributed by atoms with Crippen LogP contribution in [0.25, 0.3) is 0 Å². The van der Waals surface area contributed by atoms with Crippen molar-refractivity contribution in [1.82, 2.24) is 10.2 Å². The van der Waals surface area contributed by atoms with Gasteiger partial charge >= 0.3 is 0 Å². The van der Waals surface area contributed by atoms with E-state index in [1.54, 1.807) is 19.1 Å². The molecular formula is C22H28N2O4. The van der Waals surface area contributed by atoms with E-state index in [0.717, 1.165) is 29.0 Å². The van der Waals surface area contributed by atoms with E-state index in [4.69, 9.17) is 9.47 Å². The first-order chi connectivity index (χ1) is 13.5. The van der Waals surface area contributed by atoms with Gasteiger partial charge in [0.15, 0.2) is 0 Å². The Morgan fingerprint density at radius 1 is 0.893 bits per heavy atom. The van der Waals surface area contributed by atoms with E-state index >= 15 is 0 Å². The SMILES string of the molecule is COc1ccc(CCNC(=O)CCN(Cc2ccc(OC)cc2)C(C)=O)cc1. The third-order valence-electron chi connectivity index (χ3n) is 4.48. The van der Waals surface area contributed by atoms with Crippen LogP contribution in [0.4, 0.5) is 0 Å². The largest absolute Gasteiger partial charge is 0.497 e. The van der Waals surface area contributed by atoms with Gasteiger partial charge in [-0.15, -0.1) is 0 Å². The molecule has 0 spiro atoms. The number of hydrogen-bond acceptors (Lipinski definition) is 4. The quantitative estimate of drug-likeness (QED) is 0.684. The van der Waals surface area contributed by atoms with Crippen molar-refractivity contribution < 1.29 is 19.1 Å². The maximum absolute atomic E-state index is 12.1. The van der Waals surface area contributed by atoms with Crippen molar-refractivity contribution in [3.05, 3.63) is 59.7 Å². The fraction of sp³-hybridized carbons (Fsp3) is 0.364. The molecular weight excluding hydrogens is 356 g/mol. The van der Waals surface area contributed by atoms with Crippen LogP contribution in [0.2, 0.25) is 0 Å². The predicted octanol–water partition coefficient (Wildman–Crippen LogP) is 2.80. The number of carbonyl (C=O) groups excluding carboxylic acids is 2. The standard InChI is InChI=1S/C22H28N2O4/c1-17(25)24(16-19-6-10-21(28-3)11-7-19)15-13-22(26)23-14-12-18-4-8-20(27-2)9-5-18/h4-11H,12-16H2,1-3H3,(H,23,26). The van der Waals surface area contributed by atoms with E-state index in [-0.39, 0.29) is 18.2 Å². The first-order valence-corrected chi connectivity index (χ1v) is 9.30.